The van der Waals surface area contributed by atoms with Crippen LogP contribution in [0.5, 0.6) is 0 Å². The predicted octanol–water partition coefficient (Wildman–Crippen LogP) is 1.07. The fourth-order valence-electron chi connectivity index (χ4n) is 1.45. The summed E-state index contributed by atoms with van der Waals surface area (Å²) in [6, 6.07) is 0. The number of halogens is 1. The van der Waals surface area contributed by atoms with E-state index in [2.05, 4.69) is 35.2 Å². The van der Waals surface area contributed by atoms with Crippen LogP contribution in [0.15, 0.2) is 9.66 Å². The molecule has 0 aromatic rings. The molecule has 2 rings (SSSR count). The van der Waals surface area contributed by atoms with Crippen LogP contribution in [-0.4, -0.2) is 28.5 Å². The van der Waals surface area contributed by atoms with E-state index in [0.717, 1.165) is 3.58 Å². The summed E-state index contributed by atoms with van der Waals surface area (Å²) in [5, 5.41) is 8.73. The number of hydrogen-bond acceptors (Lipinski definition) is 4. The standard InChI is InChI=1S/C7H9IO3S/c1-7(12)10-4-2-3(8)5(9)6(4)11-7/h2,4-6,9,12H,1H3/t4-,5+,6-,7?/m1/s1. The van der Waals surface area contributed by atoms with Crippen LogP contribution >= 0.6 is 35.2 Å². The third kappa shape index (κ3) is 1.41. The van der Waals surface area contributed by atoms with Gasteiger partial charge < -0.3 is 14.6 Å². The maximum atomic E-state index is 9.59. The van der Waals surface area contributed by atoms with Gasteiger partial charge in [-0.25, -0.2) is 0 Å². The largest absolute Gasteiger partial charge is 0.385 e. The van der Waals surface area contributed by atoms with Crippen LogP contribution < -0.4 is 0 Å². The molecular formula is C7H9IO3S. The molecule has 3 nitrogen and oxygen atoms in total. The third-order valence-corrected chi connectivity index (χ3v) is 3.16. The zero-order chi connectivity index (χ0) is 8.93. The summed E-state index contributed by atoms with van der Waals surface area (Å²) >= 11 is 6.22. The Balaban J connectivity index is 2.19. The molecule has 5 heteroatoms. The monoisotopic (exact) mass is 300 g/mol. The second-order valence-corrected chi connectivity index (χ2v) is 5.12. The van der Waals surface area contributed by atoms with Gasteiger partial charge in [0, 0.05) is 3.58 Å². The van der Waals surface area contributed by atoms with Crippen molar-refractivity contribution in [3.63, 3.8) is 0 Å². The number of rotatable bonds is 0. The van der Waals surface area contributed by atoms with Gasteiger partial charge in [-0.1, -0.05) is 0 Å². The fourth-order valence-corrected chi connectivity index (χ4v) is 2.40. The van der Waals surface area contributed by atoms with Crippen LogP contribution in [0.25, 0.3) is 0 Å². The summed E-state index contributed by atoms with van der Waals surface area (Å²) in [6.07, 6.45) is 0.899. The number of ether oxygens (including phenoxy) is 2. The molecule has 1 heterocycles. The molecule has 0 radical (unpaired) electrons. The maximum Gasteiger partial charge on any atom is 0.213 e. The van der Waals surface area contributed by atoms with Gasteiger partial charge in [-0.05, 0) is 35.6 Å². The Morgan fingerprint density at radius 1 is 1.67 bits per heavy atom. The molecule has 0 aromatic heterocycles. The van der Waals surface area contributed by atoms with Crippen molar-refractivity contribution in [3.05, 3.63) is 9.66 Å². The lowest BCUT2D eigenvalue weighted by molar-refractivity contribution is -0.0917. The average molecular weight is 300 g/mol. The summed E-state index contributed by atoms with van der Waals surface area (Å²) in [7, 11) is 0. The van der Waals surface area contributed by atoms with E-state index in [1.54, 1.807) is 6.92 Å². The zero-order valence-electron chi connectivity index (χ0n) is 6.40. The first-order valence-electron chi connectivity index (χ1n) is 3.63. The number of aliphatic hydroxyl groups excluding tert-OH is 1. The first-order valence-corrected chi connectivity index (χ1v) is 5.15. The number of thiol groups is 1. The zero-order valence-corrected chi connectivity index (χ0v) is 9.45. The minimum Gasteiger partial charge on any atom is -0.385 e. The Kier molecular flexibility index (Phi) is 2.20. The molecule has 4 atom stereocenters. The van der Waals surface area contributed by atoms with Gasteiger partial charge in [0.15, 0.2) is 0 Å². The molecule has 0 aromatic carbocycles. The summed E-state index contributed by atoms with van der Waals surface area (Å²) < 4.78 is 11.7. The Bertz CT molecular complexity index is 241. The van der Waals surface area contributed by atoms with E-state index >= 15 is 0 Å². The Hall–Kier alpha value is 0.700. The van der Waals surface area contributed by atoms with Gasteiger partial charge in [0.2, 0.25) is 5.12 Å². The van der Waals surface area contributed by atoms with E-state index in [9.17, 15) is 5.11 Å². The van der Waals surface area contributed by atoms with E-state index in [0.29, 0.717) is 0 Å². The number of fused-ring (bicyclic) bond motifs is 1. The number of hydrogen-bond donors (Lipinski definition) is 2. The van der Waals surface area contributed by atoms with Gasteiger partial charge in [0.1, 0.15) is 18.3 Å². The van der Waals surface area contributed by atoms with E-state index in [1.165, 1.54) is 0 Å². The van der Waals surface area contributed by atoms with Crippen molar-refractivity contribution >= 4 is 35.2 Å². The molecular weight excluding hydrogens is 291 g/mol. The van der Waals surface area contributed by atoms with Crippen molar-refractivity contribution in [3.8, 4) is 0 Å². The van der Waals surface area contributed by atoms with E-state index < -0.39 is 11.2 Å². The van der Waals surface area contributed by atoms with E-state index in [-0.39, 0.29) is 12.2 Å². The summed E-state index contributed by atoms with van der Waals surface area (Å²) in [4.78, 5) is 0. The molecule has 2 aliphatic rings. The smallest absolute Gasteiger partial charge is 0.213 e. The molecule has 12 heavy (non-hydrogen) atoms. The molecule has 0 saturated carbocycles. The molecule has 0 spiro atoms. The van der Waals surface area contributed by atoms with Crippen LogP contribution in [0.3, 0.4) is 0 Å². The molecule has 0 bridgehead atoms. The molecule has 1 saturated heterocycles. The quantitative estimate of drug-likeness (QED) is 0.519. The van der Waals surface area contributed by atoms with Crippen molar-refractivity contribution in [2.45, 2.75) is 30.4 Å². The van der Waals surface area contributed by atoms with Gasteiger partial charge in [-0.3, -0.25) is 0 Å². The van der Waals surface area contributed by atoms with Gasteiger partial charge in [0.05, 0.1) is 0 Å². The molecule has 1 unspecified atom stereocenters. The second-order valence-electron chi connectivity index (χ2n) is 3.06. The van der Waals surface area contributed by atoms with Crippen molar-refractivity contribution in [2.24, 2.45) is 0 Å². The van der Waals surface area contributed by atoms with Crippen LogP contribution in [0.2, 0.25) is 0 Å². The normalized spacial score (nSPS) is 52.3. The molecule has 1 aliphatic heterocycles. The van der Waals surface area contributed by atoms with Crippen molar-refractivity contribution in [2.75, 3.05) is 0 Å². The van der Waals surface area contributed by atoms with Crippen molar-refractivity contribution < 1.29 is 14.6 Å². The first-order chi connectivity index (χ1) is 5.49. The first kappa shape index (κ1) is 9.26. The minimum absolute atomic E-state index is 0.144. The van der Waals surface area contributed by atoms with Crippen LogP contribution in [0, 0.1) is 0 Å². The predicted molar refractivity (Wildman–Crippen MR) is 55.2 cm³/mol. The lowest BCUT2D eigenvalue weighted by atomic mass is 10.2. The highest BCUT2D eigenvalue weighted by molar-refractivity contribution is 14.1. The van der Waals surface area contributed by atoms with Crippen LogP contribution in [0.1, 0.15) is 6.92 Å². The van der Waals surface area contributed by atoms with Gasteiger partial charge in [-0.15, -0.1) is 12.6 Å². The average Bonchev–Trinajstić information content (AvgIpc) is 2.33. The maximum absolute atomic E-state index is 9.59. The van der Waals surface area contributed by atoms with Crippen molar-refractivity contribution in [1.82, 2.24) is 0 Å². The molecule has 1 N–H and O–H groups in total. The second kappa shape index (κ2) is 2.84. The minimum atomic E-state index is -0.857. The Morgan fingerprint density at radius 3 is 2.92 bits per heavy atom. The Labute approximate surface area is 89.7 Å². The topological polar surface area (TPSA) is 38.7 Å². The van der Waals surface area contributed by atoms with Crippen molar-refractivity contribution in [1.29, 1.82) is 0 Å². The summed E-state index contributed by atoms with van der Waals surface area (Å²) in [5.41, 5.74) is 0. The van der Waals surface area contributed by atoms with E-state index in [4.69, 9.17) is 9.47 Å². The number of aliphatic hydroxyl groups is 1. The molecule has 0 amide bonds. The van der Waals surface area contributed by atoms with Gasteiger partial charge in [0.25, 0.3) is 0 Å². The Morgan fingerprint density at radius 2 is 2.33 bits per heavy atom. The van der Waals surface area contributed by atoms with Crippen LogP contribution in [0.4, 0.5) is 0 Å². The van der Waals surface area contributed by atoms with Gasteiger partial charge in [-0.2, -0.15) is 0 Å². The van der Waals surface area contributed by atoms with E-state index in [1.807, 2.05) is 6.08 Å². The third-order valence-electron chi connectivity index (χ3n) is 1.95. The van der Waals surface area contributed by atoms with Gasteiger partial charge >= 0.3 is 0 Å². The fraction of sp³-hybridized carbons (Fsp3) is 0.714. The highest BCUT2D eigenvalue weighted by atomic mass is 127. The highest BCUT2D eigenvalue weighted by Gasteiger charge is 2.48. The highest BCUT2D eigenvalue weighted by Crippen LogP contribution is 2.40. The van der Waals surface area contributed by atoms with Crippen LogP contribution in [-0.2, 0) is 9.47 Å². The molecule has 68 valence electrons. The lowest BCUT2D eigenvalue weighted by Crippen LogP contribution is -2.29. The SMILES string of the molecule is CC1(S)O[C@@H]2[C@@H](C=C(I)[C@@H]2O)O1. The summed E-state index contributed by atoms with van der Waals surface area (Å²) in [6.45, 7) is 1.72. The lowest BCUT2D eigenvalue weighted by Gasteiger charge is -2.18. The molecule has 1 fully saturated rings. The molecule has 1 aliphatic carbocycles. The summed E-state index contributed by atoms with van der Waals surface area (Å²) in [5.74, 6) is 0.